The second-order valence-electron chi connectivity index (χ2n) is 3.21. The van der Waals surface area contributed by atoms with Gasteiger partial charge >= 0.3 is 0 Å². The van der Waals surface area contributed by atoms with E-state index in [-0.39, 0.29) is 6.10 Å². The van der Waals surface area contributed by atoms with Crippen molar-refractivity contribution in [3.63, 3.8) is 0 Å². The summed E-state index contributed by atoms with van der Waals surface area (Å²) in [4.78, 5) is 1.35. The lowest BCUT2D eigenvalue weighted by Crippen LogP contribution is -2.23. The van der Waals surface area contributed by atoms with Crippen molar-refractivity contribution in [2.75, 3.05) is 20.2 Å². The number of hydrogen-bond acceptors (Lipinski definition) is 3. The molecule has 1 atom stereocenters. The molecule has 2 heterocycles. The molecule has 0 bridgehead atoms. The average Bonchev–Trinajstić information content (AvgIpc) is 2.51. The summed E-state index contributed by atoms with van der Waals surface area (Å²) in [5.41, 5.74) is 1.43. The van der Waals surface area contributed by atoms with Gasteiger partial charge in [0.2, 0.25) is 0 Å². The fourth-order valence-corrected chi connectivity index (χ4v) is 2.71. The monoisotopic (exact) mass is 217 g/mol. The first-order valence-electron chi connectivity index (χ1n) is 4.32. The van der Waals surface area contributed by atoms with Crippen LogP contribution in [0.5, 0.6) is 0 Å². The van der Waals surface area contributed by atoms with Crippen LogP contribution in [0.3, 0.4) is 0 Å². The van der Waals surface area contributed by atoms with Crippen LogP contribution in [0.1, 0.15) is 16.5 Å². The number of thiophene rings is 1. The largest absolute Gasteiger partial charge is 0.371 e. The van der Waals surface area contributed by atoms with Crippen LogP contribution in [0, 0.1) is 0 Å². The van der Waals surface area contributed by atoms with Crippen molar-refractivity contribution >= 4 is 23.1 Å². The van der Waals surface area contributed by atoms with Crippen LogP contribution in [-0.4, -0.2) is 24.6 Å². The van der Waals surface area contributed by atoms with Crippen LogP contribution in [0.4, 0.5) is 0 Å². The molecule has 0 saturated carbocycles. The minimum Gasteiger partial charge on any atom is -0.371 e. The minimum atomic E-state index is 0.172. The van der Waals surface area contributed by atoms with Gasteiger partial charge in [-0.15, -0.1) is 11.3 Å². The summed E-state index contributed by atoms with van der Waals surface area (Å²) in [6.45, 7) is 1.58. The van der Waals surface area contributed by atoms with Crippen molar-refractivity contribution in [1.82, 2.24) is 4.42 Å². The highest BCUT2D eigenvalue weighted by Gasteiger charge is 2.22. The van der Waals surface area contributed by atoms with Crippen LogP contribution in [0.25, 0.3) is 0 Å². The summed E-state index contributed by atoms with van der Waals surface area (Å²) in [5.74, 6) is 0. The van der Waals surface area contributed by atoms with E-state index >= 15 is 0 Å². The Morgan fingerprint density at radius 3 is 3.38 bits per heavy atom. The van der Waals surface area contributed by atoms with Crippen molar-refractivity contribution in [1.29, 1.82) is 0 Å². The van der Waals surface area contributed by atoms with Crippen molar-refractivity contribution < 1.29 is 4.74 Å². The fourth-order valence-electron chi connectivity index (χ4n) is 1.59. The summed E-state index contributed by atoms with van der Waals surface area (Å²) >= 11 is 7.57. The van der Waals surface area contributed by atoms with Crippen LogP contribution < -0.4 is 0 Å². The zero-order valence-electron chi connectivity index (χ0n) is 7.50. The van der Waals surface area contributed by atoms with Gasteiger partial charge in [0.1, 0.15) is 6.10 Å². The van der Waals surface area contributed by atoms with Crippen LogP contribution in [-0.2, 0) is 11.2 Å². The van der Waals surface area contributed by atoms with Crippen molar-refractivity contribution in [2.45, 2.75) is 12.5 Å². The Labute approximate surface area is 87.2 Å². The number of nitrogens with zero attached hydrogens (tertiary/aromatic N) is 1. The van der Waals surface area contributed by atoms with Gasteiger partial charge in [-0.3, -0.25) is 0 Å². The molecule has 0 saturated heterocycles. The molecule has 0 aliphatic carbocycles. The molecular weight excluding hydrogens is 206 g/mol. The summed E-state index contributed by atoms with van der Waals surface area (Å²) in [6, 6.07) is 2.18. The molecule has 1 aliphatic rings. The molecule has 1 unspecified atom stereocenters. The number of likely N-dealkylation sites (N-methyl/N-ethyl adjacent to an activating group) is 1. The first-order chi connectivity index (χ1) is 6.27. The lowest BCUT2D eigenvalue weighted by atomic mass is 10.1. The fraction of sp³-hybridized carbons (Fsp3) is 0.556. The number of hydrogen-bond donors (Lipinski definition) is 0. The second-order valence-corrected chi connectivity index (χ2v) is 4.73. The number of halogens is 1. The van der Waals surface area contributed by atoms with Gasteiger partial charge in [0.15, 0.2) is 0 Å². The smallest absolute Gasteiger partial charge is 0.106 e. The molecule has 0 spiro atoms. The van der Waals surface area contributed by atoms with Gasteiger partial charge in [0.05, 0.1) is 6.61 Å². The molecule has 72 valence electrons. The van der Waals surface area contributed by atoms with Gasteiger partial charge in [0, 0.05) is 18.5 Å². The lowest BCUT2D eigenvalue weighted by molar-refractivity contribution is 0.0362. The first kappa shape index (κ1) is 9.46. The van der Waals surface area contributed by atoms with Gasteiger partial charge in [0.25, 0.3) is 0 Å². The summed E-state index contributed by atoms with van der Waals surface area (Å²) < 4.78 is 7.31. The Bertz CT molecular complexity index is 287. The predicted octanol–water partition coefficient (Wildman–Crippen LogP) is 2.45. The topological polar surface area (TPSA) is 12.5 Å². The summed E-state index contributed by atoms with van der Waals surface area (Å²) in [7, 11) is 1.85. The maximum atomic E-state index is 5.80. The van der Waals surface area contributed by atoms with Gasteiger partial charge in [-0.05, 0) is 35.2 Å². The van der Waals surface area contributed by atoms with Crippen LogP contribution in [0.15, 0.2) is 11.4 Å². The summed E-state index contributed by atoms with van der Waals surface area (Å²) in [5, 5.41) is 2.13. The molecule has 4 heteroatoms. The Balaban J connectivity index is 2.15. The Hall–Kier alpha value is -0.0900. The number of rotatable bonds is 2. The molecule has 13 heavy (non-hydrogen) atoms. The minimum absolute atomic E-state index is 0.172. The zero-order valence-corrected chi connectivity index (χ0v) is 9.07. The van der Waals surface area contributed by atoms with E-state index < -0.39 is 0 Å². The normalized spacial score (nSPS) is 21.9. The van der Waals surface area contributed by atoms with E-state index in [0.717, 1.165) is 19.6 Å². The third-order valence-electron chi connectivity index (χ3n) is 2.18. The lowest BCUT2D eigenvalue weighted by Gasteiger charge is -2.24. The van der Waals surface area contributed by atoms with Gasteiger partial charge in [-0.25, -0.2) is 4.42 Å². The molecule has 2 rings (SSSR count). The Morgan fingerprint density at radius 2 is 2.62 bits per heavy atom. The van der Waals surface area contributed by atoms with E-state index in [1.54, 1.807) is 15.8 Å². The average molecular weight is 218 g/mol. The van der Waals surface area contributed by atoms with E-state index in [1.165, 1.54) is 10.4 Å². The van der Waals surface area contributed by atoms with Gasteiger partial charge < -0.3 is 4.74 Å². The highest BCUT2D eigenvalue weighted by molar-refractivity contribution is 7.10. The molecule has 0 N–H and O–H groups in total. The summed E-state index contributed by atoms with van der Waals surface area (Å²) in [6.07, 6.45) is 1.22. The Morgan fingerprint density at radius 1 is 1.77 bits per heavy atom. The molecular formula is C9H12ClNOS. The van der Waals surface area contributed by atoms with E-state index in [9.17, 15) is 0 Å². The highest BCUT2D eigenvalue weighted by atomic mass is 35.5. The molecule has 1 aliphatic heterocycles. The zero-order chi connectivity index (χ0) is 9.26. The van der Waals surface area contributed by atoms with E-state index in [1.807, 2.05) is 7.05 Å². The molecule has 0 radical (unpaired) electrons. The van der Waals surface area contributed by atoms with Crippen molar-refractivity contribution in [3.8, 4) is 0 Å². The van der Waals surface area contributed by atoms with Crippen molar-refractivity contribution in [3.05, 3.63) is 21.9 Å². The third kappa shape index (κ3) is 2.05. The van der Waals surface area contributed by atoms with E-state index in [2.05, 4.69) is 11.4 Å². The van der Waals surface area contributed by atoms with Gasteiger partial charge in [-0.2, -0.15) is 0 Å². The quantitative estimate of drug-likeness (QED) is 0.706. The van der Waals surface area contributed by atoms with Crippen molar-refractivity contribution in [2.24, 2.45) is 0 Å². The number of ether oxygens (including phenoxy) is 1. The maximum absolute atomic E-state index is 5.80. The molecule has 1 aromatic rings. The first-order valence-corrected chi connectivity index (χ1v) is 5.54. The molecule has 0 aromatic carbocycles. The molecule has 0 amide bonds. The SMILES string of the molecule is CN(Cl)CC1OCCc2ccsc21. The third-order valence-corrected chi connectivity index (χ3v) is 3.37. The van der Waals surface area contributed by atoms with E-state index in [4.69, 9.17) is 16.5 Å². The standard InChI is InChI=1S/C9H12ClNOS/c1-11(10)6-8-9-7(2-4-12-8)3-5-13-9/h3,5,8H,2,4,6H2,1H3. The Kier molecular flexibility index (Phi) is 2.89. The number of fused-ring (bicyclic) bond motifs is 1. The second kappa shape index (κ2) is 3.96. The van der Waals surface area contributed by atoms with E-state index in [0.29, 0.717) is 0 Å². The predicted molar refractivity (Wildman–Crippen MR) is 55.2 cm³/mol. The molecule has 0 fully saturated rings. The molecule has 1 aromatic heterocycles. The van der Waals surface area contributed by atoms with Gasteiger partial charge in [-0.1, -0.05) is 0 Å². The van der Waals surface area contributed by atoms with Crippen LogP contribution in [0.2, 0.25) is 0 Å². The molecule has 2 nitrogen and oxygen atoms in total. The van der Waals surface area contributed by atoms with Crippen LogP contribution >= 0.6 is 23.1 Å². The highest BCUT2D eigenvalue weighted by Crippen LogP contribution is 2.32. The maximum Gasteiger partial charge on any atom is 0.106 e.